The standard InChI is InChI=1S/C35H38F2N4O7S/c1-35(2,3)48-34(44)39-25-13-15-40(20-25)33(43)23-8-6-7-22(17-23)26-18-27-29(19-28(26)41(16-14-36)49(5,45)46)47-31(30(27)32(42)38-4)21-9-11-24(37)12-10-21/h6-12,17-19,25H,13-16,20H2,1-5H3,(H,38,42)(H,39,44)/t25-/m1/s1. The van der Waals surface area contributed by atoms with E-state index in [9.17, 15) is 31.6 Å². The average molecular weight is 697 g/mol. The number of benzene rings is 3. The second-order valence-corrected chi connectivity index (χ2v) is 14.7. The maximum atomic E-state index is 13.8. The van der Waals surface area contributed by atoms with Gasteiger partial charge in [-0.05, 0) is 75.2 Å². The highest BCUT2D eigenvalue weighted by atomic mass is 32.2. The van der Waals surface area contributed by atoms with Crippen LogP contribution in [0.1, 0.15) is 47.9 Å². The number of sulfonamides is 1. The van der Waals surface area contributed by atoms with Crippen molar-refractivity contribution in [1.82, 2.24) is 15.5 Å². The topological polar surface area (TPSA) is 138 Å². The number of nitrogens with one attached hydrogen (secondary N) is 2. The first kappa shape index (κ1) is 35.3. The predicted molar refractivity (Wildman–Crippen MR) is 182 cm³/mol. The van der Waals surface area contributed by atoms with Gasteiger partial charge in [0.2, 0.25) is 10.0 Å². The van der Waals surface area contributed by atoms with Gasteiger partial charge in [-0.15, -0.1) is 0 Å². The molecule has 11 nitrogen and oxygen atoms in total. The van der Waals surface area contributed by atoms with Gasteiger partial charge >= 0.3 is 6.09 Å². The van der Waals surface area contributed by atoms with Gasteiger partial charge in [0.1, 0.15) is 29.4 Å². The second kappa shape index (κ2) is 13.9. The molecule has 1 aliphatic rings. The molecular weight excluding hydrogens is 658 g/mol. The van der Waals surface area contributed by atoms with Gasteiger partial charge in [0.25, 0.3) is 11.8 Å². The Kier molecular flexibility index (Phi) is 10.00. The Balaban J connectivity index is 1.60. The Bertz CT molecular complexity index is 2010. The number of carbonyl (C=O) groups excluding carboxylic acids is 3. The third kappa shape index (κ3) is 7.85. The van der Waals surface area contributed by atoms with Gasteiger partial charge in [0.15, 0.2) is 0 Å². The number of alkyl halides is 1. The van der Waals surface area contributed by atoms with Crippen LogP contribution in [0.2, 0.25) is 0 Å². The van der Waals surface area contributed by atoms with E-state index in [1.807, 2.05) is 0 Å². The minimum atomic E-state index is -4.02. The Morgan fingerprint density at radius 2 is 1.78 bits per heavy atom. The van der Waals surface area contributed by atoms with Crippen LogP contribution in [0.25, 0.3) is 33.4 Å². The van der Waals surface area contributed by atoms with Crippen molar-refractivity contribution < 1.29 is 40.7 Å². The SMILES string of the molecule is CNC(=O)c1c(-c2ccc(F)cc2)oc2cc(N(CCF)S(C)(=O)=O)c(-c3cccc(C(=O)N4CC[C@@H](NC(=O)OC(C)(C)C)C4)c3)cc12. The van der Waals surface area contributed by atoms with E-state index < -0.39 is 46.7 Å². The van der Waals surface area contributed by atoms with Crippen molar-refractivity contribution in [2.75, 3.05) is 43.9 Å². The maximum Gasteiger partial charge on any atom is 0.407 e. The number of alkyl carbamates (subject to hydrolysis) is 1. The minimum absolute atomic E-state index is 0.0721. The third-order valence-corrected chi connectivity index (χ3v) is 9.12. The summed E-state index contributed by atoms with van der Waals surface area (Å²) in [6, 6.07) is 14.6. The van der Waals surface area contributed by atoms with E-state index in [4.69, 9.17) is 9.15 Å². The fourth-order valence-corrected chi connectivity index (χ4v) is 6.71. The zero-order valence-corrected chi connectivity index (χ0v) is 28.6. The zero-order valence-electron chi connectivity index (χ0n) is 27.8. The molecular formula is C35H38F2N4O7S. The largest absolute Gasteiger partial charge is 0.455 e. The normalized spacial score (nSPS) is 14.9. The number of fused-ring (bicyclic) bond motifs is 1. The maximum absolute atomic E-state index is 13.8. The lowest BCUT2D eigenvalue weighted by Crippen LogP contribution is -2.41. The molecule has 0 unspecified atom stereocenters. The molecule has 0 radical (unpaired) electrons. The summed E-state index contributed by atoms with van der Waals surface area (Å²) in [5, 5.41) is 5.71. The molecule has 1 aliphatic heterocycles. The van der Waals surface area contributed by atoms with Crippen molar-refractivity contribution in [2.45, 2.75) is 38.8 Å². The smallest absolute Gasteiger partial charge is 0.407 e. The van der Waals surface area contributed by atoms with Crippen LogP contribution in [0.4, 0.5) is 19.3 Å². The second-order valence-electron chi connectivity index (χ2n) is 12.7. The number of halogens is 2. The highest BCUT2D eigenvalue weighted by molar-refractivity contribution is 7.92. The fraction of sp³-hybridized carbons (Fsp3) is 0.343. The van der Waals surface area contributed by atoms with Crippen LogP contribution >= 0.6 is 0 Å². The molecule has 0 saturated carbocycles. The van der Waals surface area contributed by atoms with Crippen molar-refractivity contribution in [2.24, 2.45) is 0 Å². The molecule has 1 aromatic heterocycles. The number of furan rings is 1. The summed E-state index contributed by atoms with van der Waals surface area (Å²) in [7, 11) is -2.57. The van der Waals surface area contributed by atoms with Crippen LogP contribution in [0, 0.1) is 5.82 Å². The minimum Gasteiger partial charge on any atom is -0.455 e. The van der Waals surface area contributed by atoms with E-state index in [0.717, 1.165) is 10.6 Å². The van der Waals surface area contributed by atoms with Crippen molar-refractivity contribution in [3.63, 3.8) is 0 Å². The first-order valence-electron chi connectivity index (χ1n) is 15.6. The van der Waals surface area contributed by atoms with Crippen molar-refractivity contribution in [1.29, 1.82) is 0 Å². The van der Waals surface area contributed by atoms with Gasteiger partial charge in [-0.1, -0.05) is 12.1 Å². The Morgan fingerprint density at radius 1 is 1.06 bits per heavy atom. The number of carbonyl (C=O) groups is 3. The molecule has 5 rings (SSSR count). The lowest BCUT2D eigenvalue weighted by molar-refractivity contribution is 0.0502. The van der Waals surface area contributed by atoms with Crippen molar-refractivity contribution in [3.05, 3.63) is 77.6 Å². The summed E-state index contributed by atoms with van der Waals surface area (Å²) in [5.74, 6) is -1.18. The summed E-state index contributed by atoms with van der Waals surface area (Å²) in [6.45, 7) is 4.44. The summed E-state index contributed by atoms with van der Waals surface area (Å²) < 4.78 is 65.9. The number of amides is 3. The highest BCUT2D eigenvalue weighted by Gasteiger charge is 2.31. The van der Waals surface area contributed by atoms with Crippen LogP contribution in [-0.2, 0) is 14.8 Å². The first-order valence-corrected chi connectivity index (χ1v) is 17.5. The number of rotatable bonds is 9. The number of hydrogen-bond acceptors (Lipinski definition) is 7. The van der Waals surface area contributed by atoms with Crippen LogP contribution in [0.15, 0.2) is 65.1 Å². The van der Waals surface area contributed by atoms with Crippen LogP contribution in [0.5, 0.6) is 0 Å². The molecule has 1 fully saturated rings. The molecule has 14 heteroatoms. The summed E-state index contributed by atoms with van der Waals surface area (Å²) in [6.07, 6.45) is 0.906. The quantitative estimate of drug-likeness (QED) is 0.228. The molecule has 3 amide bonds. The highest BCUT2D eigenvalue weighted by Crippen LogP contribution is 2.42. The van der Waals surface area contributed by atoms with Gasteiger partial charge in [-0.3, -0.25) is 13.9 Å². The molecule has 0 spiro atoms. The van der Waals surface area contributed by atoms with Gasteiger partial charge in [-0.25, -0.2) is 22.0 Å². The van der Waals surface area contributed by atoms with Crippen molar-refractivity contribution in [3.8, 4) is 22.5 Å². The lowest BCUT2D eigenvalue weighted by atomic mass is 9.97. The van der Waals surface area contributed by atoms with E-state index in [0.29, 0.717) is 40.6 Å². The number of hydrogen-bond donors (Lipinski definition) is 2. The van der Waals surface area contributed by atoms with Gasteiger partial charge in [-0.2, -0.15) is 0 Å². The van der Waals surface area contributed by atoms with E-state index in [1.54, 1.807) is 56.0 Å². The van der Waals surface area contributed by atoms with E-state index in [-0.39, 0.29) is 41.1 Å². The lowest BCUT2D eigenvalue weighted by Gasteiger charge is -2.24. The Labute approximate surface area is 283 Å². The molecule has 4 aromatic rings. The van der Waals surface area contributed by atoms with Crippen LogP contribution in [0.3, 0.4) is 0 Å². The van der Waals surface area contributed by atoms with Crippen molar-refractivity contribution >= 4 is 44.6 Å². The molecule has 2 N–H and O–H groups in total. The number of ether oxygens (including phenoxy) is 1. The summed E-state index contributed by atoms with van der Waals surface area (Å²) in [5.41, 5.74) is 1.08. The van der Waals surface area contributed by atoms with E-state index in [2.05, 4.69) is 10.6 Å². The fourth-order valence-electron chi connectivity index (χ4n) is 5.81. The predicted octanol–water partition coefficient (Wildman–Crippen LogP) is 5.74. The summed E-state index contributed by atoms with van der Waals surface area (Å²) in [4.78, 5) is 40.8. The number of anilines is 1. The molecule has 0 aliphatic carbocycles. The number of likely N-dealkylation sites (tertiary alicyclic amines) is 1. The monoisotopic (exact) mass is 696 g/mol. The van der Waals surface area contributed by atoms with Crippen LogP contribution < -0.4 is 14.9 Å². The van der Waals surface area contributed by atoms with Gasteiger partial charge < -0.3 is 24.7 Å². The summed E-state index contributed by atoms with van der Waals surface area (Å²) >= 11 is 0. The molecule has 1 saturated heterocycles. The molecule has 0 bridgehead atoms. The molecule has 3 aromatic carbocycles. The molecule has 1 atom stereocenters. The van der Waals surface area contributed by atoms with Gasteiger partial charge in [0.05, 0.1) is 30.1 Å². The molecule has 49 heavy (non-hydrogen) atoms. The Morgan fingerprint density at radius 3 is 2.41 bits per heavy atom. The molecule has 2 heterocycles. The third-order valence-electron chi connectivity index (χ3n) is 7.94. The van der Waals surface area contributed by atoms with E-state index in [1.165, 1.54) is 37.4 Å². The average Bonchev–Trinajstić information content (AvgIpc) is 3.65. The van der Waals surface area contributed by atoms with Gasteiger partial charge in [0, 0.05) is 48.3 Å². The number of nitrogens with zero attached hydrogens (tertiary/aromatic N) is 2. The first-order chi connectivity index (χ1) is 23.1. The zero-order chi connectivity index (χ0) is 35.7. The van der Waals surface area contributed by atoms with E-state index >= 15 is 0 Å². The van der Waals surface area contributed by atoms with Crippen LogP contribution in [-0.4, -0.2) is 82.5 Å². The molecule has 260 valence electrons. The Hall–Kier alpha value is -4.98.